The van der Waals surface area contributed by atoms with Crippen LogP contribution < -0.4 is 4.74 Å². The lowest BCUT2D eigenvalue weighted by atomic mass is 10.3. The molecular formula is C13H14ClN3O3. The first-order valence-electron chi connectivity index (χ1n) is 6.17. The minimum Gasteiger partial charge on any atom is -0.494 e. The molecule has 0 amide bonds. The molecule has 0 bridgehead atoms. The SMILES string of the molecule is O=C(O)c1cn(CCCCOc2ccc(Cl)cc2)nn1. The van der Waals surface area contributed by atoms with Crippen molar-refractivity contribution in [3.63, 3.8) is 0 Å². The van der Waals surface area contributed by atoms with E-state index in [1.165, 1.54) is 10.9 Å². The van der Waals surface area contributed by atoms with Gasteiger partial charge >= 0.3 is 5.97 Å². The van der Waals surface area contributed by atoms with Crippen molar-refractivity contribution in [3.8, 4) is 5.75 Å². The van der Waals surface area contributed by atoms with Crippen LogP contribution in [0.4, 0.5) is 0 Å². The van der Waals surface area contributed by atoms with Crippen molar-refractivity contribution in [3.05, 3.63) is 41.2 Å². The van der Waals surface area contributed by atoms with Gasteiger partial charge in [-0.05, 0) is 37.1 Å². The maximum absolute atomic E-state index is 10.6. The third kappa shape index (κ3) is 4.24. The Balaban J connectivity index is 1.66. The van der Waals surface area contributed by atoms with Crippen LogP contribution in [0.2, 0.25) is 5.02 Å². The molecule has 0 unspecified atom stereocenters. The van der Waals surface area contributed by atoms with Crippen molar-refractivity contribution >= 4 is 17.6 Å². The number of hydrogen-bond acceptors (Lipinski definition) is 4. The first-order chi connectivity index (χ1) is 9.65. The van der Waals surface area contributed by atoms with E-state index in [9.17, 15) is 4.79 Å². The third-order valence-electron chi connectivity index (χ3n) is 2.62. The summed E-state index contributed by atoms with van der Waals surface area (Å²) in [5, 5.41) is 16.7. The largest absolute Gasteiger partial charge is 0.494 e. The summed E-state index contributed by atoms with van der Waals surface area (Å²) in [5.41, 5.74) is -0.0394. The van der Waals surface area contributed by atoms with Gasteiger partial charge in [0.05, 0.1) is 12.8 Å². The Kier molecular flexibility index (Phi) is 4.95. The number of aromatic nitrogens is 3. The lowest BCUT2D eigenvalue weighted by Gasteiger charge is -2.05. The van der Waals surface area contributed by atoms with Crippen molar-refractivity contribution < 1.29 is 14.6 Å². The molecule has 0 aliphatic heterocycles. The number of benzene rings is 1. The summed E-state index contributed by atoms with van der Waals surface area (Å²) in [5.74, 6) is -0.286. The predicted molar refractivity (Wildman–Crippen MR) is 73.2 cm³/mol. The number of carboxylic acids is 1. The van der Waals surface area contributed by atoms with Gasteiger partial charge in [-0.2, -0.15) is 0 Å². The maximum atomic E-state index is 10.6. The standard InChI is InChI=1S/C13H14ClN3O3/c14-10-3-5-11(6-4-10)20-8-2-1-7-17-9-12(13(18)19)15-16-17/h3-6,9H,1-2,7-8H2,(H,18,19). The lowest BCUT2D eigenvalue weighted by Crippen LogP contribution is -2.03. The zero-order valence-electron chi connectivity index (χ0n) is 10.7. The summed E-state index contributed by atoms with van der Waals surface area (Å²) in [6, 6.07) is 7.19. The zero-order valence-corrected chi connectivity index (χ0v) is 11.5. The molecule has 0 spiro atoms. The fraction of sp³-hybridized carbons (Fsp3) is 0.308. The second kappa shape index (κ2) is 6.91. The molecule has 0 atom stereocenters. The number of halogens is 1. The van der Waals surface area contributed by atoms with Crippen LogP contribution in [0.3, 0.4) is 0 Å². The topological polar surface area (TPSA) is 77.2 Å². The first-order valence-corrected chi connectivity index (χ1v) is 6.55. The summed E-state index contributed by atoms with van der Waals surface area (Å²) in [6.45, 7) is 1.20. The molecule has 106 valence electrons. The highest BCUT2D eigenvalue weighted by molar-refractivity contribution is 6.30. The van der Waals surface area contributed by atoms with Crippen molar-refractivity contribution in [1.82, 2.24) is 15.0 Å². The van der Waals surface area contributed by atoms with Crippen LogP contribution in [-0.4, -0.2) is 32.7 Å². The number of hydrogen-bond donors (Lipinski definition) is 1. The highest BCUT2D eigenvalue weighted by atomic mass is 35.5. The van der Waals surface area contributed by atoms with Gasteiger partial charge in [0.1, 0.15) is 5.75 Å². The molecule has 2 rings (SSSR count). The van der Waals surface area contributed by atoms with Crippen LogP contribution >= 0.6 is 11.6 Å². The first kappa shape index (κ1) is 14.3. The van der Waals surface area contributed by atoms with Crippen LogP contribution in [0.25, 0.3) is 0 Å². The monoisotopic (exact) mass is 295 g/mol. The van der Waals surface area contributed by atoms with Crippen LogP contribution in [-0.2, 0) is 6.54 Å². The van der Waals surface area contributed by atoms with E-state index >= 15 is 0 Å². The molecule has 1 aromatic carbocycles. The molecule has 0 saturated heterocycles. The summed E-state index contributed by atoms with van der Waals surface area (Å²) in [6.07, 6.45) is 3.09. The Bertz CT molecular complexity index is 568. The molecule has 0 aliphatic rings. The molecule has 0 fully saturated rings. The van der Waals surface area contributed by atoms with Gasteiger partial charge in [0.25, 0.3) is 0 Å². The van der Waals surface area contributed by atoms with Crippen LogP contribution in [0.5, 0.6) is 5.75 Å². The van der Waals surface area contributed by atoms with Crippen LogP contribution in [0.1, 0.15) is 23.3 Å². The average Bonchev–Trinajstić information content (AvgIpc) is 2.89. The van der Waals surface area contributed by atoms with Gasteiger partial charge in [-0.15, -0.1) is 5.10 Å². The number of carboxylic acid groups (broad SMARTS) is 1. The number of nitrogens with zero attached hydrogens (tertiary/aromatic N) is 3. The molecular weight excluding hydrogens is 282 g/mol. The molecule has 0 radical (unpaired) electrons. The Morgan fingerprint density at radius 3 is 2.70 bits per heavy atom. The van der Waals surface area contributed by atoms with E-state index in [0.717, 1.165) is 18.6 Å². The Hall–Kier alpha value is -2.08. The van der Waals surface area contributed by atoms with E-state index in [0.29, 0.717) is 18.2 Å². The second-order valence-corrected chi connectivity index (χ2v) is 4.62. The van der Waals surface area contributed by atoms with E-state index in [-0.39, 0.29) is 5.69 Å². The van der Waals surface area contributed by atoms with Gasteiger partial charge in [-0.3, -0.25) is 4.68 Å². The molecule has 7 heteroatoms. The van der Waals surface area contributed by atoms with Crippen molar-refractivity contribution in [1.29, 1.82) is 0 Å². The molecule has 2 aromatic rings. The normalized spacial score (nSPS) is 10.4. The van der Waals surface area contributed by atoms with E-state index in [2.05, 4.69) is 10.3 Å². The number of ether oxygens (including phenoxy) is 1. The third-order valence-corrected chi connectivity index (χ3v) is 2.87. The molecule has 0 saturated carbocycles. The average molecular weight is 296 g/mol. The minimum absolute atomic E-state index is 0.0394. The number of aromatic carboxylic acids is 1. The zero-order chi connectivity index (χ0) is 14.4. The van der Waals surface area contributed by atoms with Gasteiger partial charge in [0.15, 0.2) is 5.69 Å². The highest BCUT2D eigenvalue weighted by Crippen LogP contribution is 2.15. The van der Waals surface area contributed by atoms with E-state index in [1.807, 2.05) is 12.1 Å². The maximum Gasteiger partial charge on any atom is 0.358 e. The quantitative estimate of drug-likeness (QED) is 0.794. The molecule has 6 nitrogen and oxygen atoms in total. The Labute approximate surface area is 120 Å². The van der Waals surface area contributed by atoms with Crippen molar-refractivity contribution in [2.75, 3.05) is 6.61 Å². The van der Waals surface area contributed by atoms with E-state index in [1.54, 1.807) is 12.1 Å². The number of unbranched alkanes of at least 4 members (excludes halogenated alkanes) is 1. The fourth-order valence-corrected chi connectivity index (χ4v) is 1.73. The van der Waals surface area contributed by atoms with Gasteiger partial charge in [0, 0.05) is 11.6 Å². The summed E-state index contributed by atoms with van der Waals surface area (Å²) in [7, 11) is 0. The van der Waals surface area contributed by atoms with Crippen molar-refractivity contribution in [2.24, 2.45) is 0 Å². The number of carbonyl (C=O) groups is 1. The van der Waals surface area contributed by atoms with E-state index < -0.39 is 5.97 Å². The number of aryl methyl sites for hydroxylation is 1. The molecule has 1 aromatic heterocycles. The smallest absolute Gasteiger partial charge is 0.358 e. The summed E-state index contributed by atoms with van der Waals surface area (Å²) >= 11 is 5.77. The molecule has 0 aliphatic carbocycles. The molecule has 1 N–H and O–H groups in total. The van der Waals surface area contributed by atoms with Gasteiger partial charge in [0.2, 0.25) is 0 Å². The van der Waals surface area contributed by atoms with Gasteiger partial charge in [-0.1, -0.05) is 16.8 Å². The van der Waals surface area contributed by atoms with Crippen molar-refractivity contribution in [2.45, 2.75) is 19.4 Å². The second-order valence-electron chi connectivity index (χ2n) is 4.18. The fourth-order valence-electron chi connectivity index (χ4n) is 1.60. The van der Waals surface area contributed by atoms with Crippen LogP contribution in [0, 0.1) is 0 Å². The van der Waals surface area contributed by atoms with Crippen LogP contribution in [0.15, 0.2) is 30.5 Å². The summed E-state index contributed by atoms with van der Waals surface area (Å²) in [4.78, 5) is 10.6. The Morgan fingerprint density at radius 2 is 2.05 bits per heavy atom. The number of rotatable bonds is 7. The van der Waals surface area contributed by atoms with Gasteiger partial charge in [-0.25, -0.2) is 4.79 Å². The van der Waals surface area contributed by atoms with Gasteiger partial charge < -0.3 is 9.84 Å². The van der Waals surface area contributed by atoms with E-state index in [4.69, 9.17) is 21.4 Å². The highest BCUT2D eigenvalue weighted by Gasteiger charge is 2.07. The lowest BCUT2D eigenvalue weighted by molar-refractivity contribution is 0.0690. The molecule has 1 heterocycles. The predicted octanol–water partition coefficient (Wildman–Crippen LogP) is 2.49. The summed E-state index contributed by atoms with van der Waals surface area (Å²) < 4.78 is 7.06. The minimum atomic E-state index is -1.07. The Morgan fingerprint density at radius 1 is 1.30 bits per heavy atom. The molecule has 20 heavy (non-hydrogen) atoms.